The molecule has 11 rings (SSSR count). The van der Waals surface area contributed by atoms with E-state index in [-0.39, 0.29) is 28.2 Å². The number of rotatable bonds is 12. The van der Waals surface area contributed by atoms with E-state index in [1.807, 2.05) is 19.3 Å². The lowest BCUT2D eigenvalue weighted by Crippen LogP contribution is -2.48. The maximum Gasteiger partial charge on any atom is 0.437 e. The molecule has 1 unspecified atom stereocenters. The number of hydrogen-bond donors (Lipinski definition) is 0. The van der Waals surface area contributed by atoms with Crippen LogP contribution < -0.4 is 9.64 Å². The van der Waals surface area contributed by atoms with Gasteiger partial charge in [-0.1, -0.05) is 138 Å². The Hall–Kier alpha value is -6.67. The second-order valence-corrected chi connectivity index (χ2v) is 24.7. The smallest absolute Gasteiger partial charge is 0.437 e. The van der Waals surface area contributed by atoms with Crippen LogP contribution in [0, 0.1) is 57.2 Å². The van der Waals surface area contributed by atoms with Crippen LogP contribution in [0.4, 0.5) is 24.5 Å². The molecule has 2 heterocycles. The molecule has 0 aromatic heterocycles. The van der Waals surface area contributed by atoms with Gasteiger partial charge in [-0.3, -0.25) is 0 Å². The molecule has 1 atom stereocenters. The minimum atomic E-state index is -5.09. The van der Waals surface area contributed by atoms with Crippen molar-refractivity contribution in [2.24, 2.45) is 23.2 Å². The Bertz CT molecular complexity index is 3200. The Labute approximate surface area is 452 Å². The monoisotopic (exact) mass is 1040 g/mol. The SMILES string of the molecule is COc1ccc(N2CCCc3cc(/C=C/C4=C(Sc5c(C(C)C)cccc5C(C)C)C(=C/C=C/C5=C(C#N)C(=C(C#N)C#N)OC5(c5ccccc5)C(F)(F)F)/CC(C)(C)C4)ccc32)cc1C12CC3CC(CC(C3)C1)C2. The Morgan fingerprint density at radius 1 is 0.816 bits per heavy atom. The van der Waals surface area contributed by atoms with Gasteiger partial charge in [0.05, 0.1) is 7.11 Å². The van der Waals surface area contributed by atoms with Gasteiger partial charge in [-0.2, -0.15) is 29.0 Å². The van der Waals surface area contributed by atoms with E-state index in [0.29, 0.717) is 6.42 Å². The zero-order chi connectivity index (χ0) is 53.7. The third kappa shape index (κ3) is 9.64. The predicted octanol–water partition coefficient (Wildman–Crippen LogP) is 17.5. The molecule has 4 saturated carbocycles. The highest BCUT2D eigenvalue weighted by Gasteiger charge is 2.65. The van der Waals surface area contributed by atoms with Gasteiger partial charge < -0.3 is 14.4 Å². The molecule has 390 valence electrons. The summed E-state index contributed by atoms with van der Waals surface area (Å²) in [6.45, 7) is 14.2. The summed E-state index contributed by atoms with van der Waals surface area (Å²) in [6.07, 6.45) is 15.5. The number of thioether (sulfide) groups is 1. The van der Waals surface area contributed by atoms with Crippen molar-refractivity contribution in [3.8, 4) is 24.0 Å². The number of benzene rings is 4. The molecule has 7 aliphatic rings. The molecular formula is C66H67F3N4O2S. The third-order valence-corrected chi connectivity index (χ3v) is 18.5. The standard InChI is InChI=1S/C66H67F3N4O2S/c1-41(2)53-18-12-19-54(42(3)4)62(53)76-61-48(14-11-20-56-55(40-72)60(50(38-70)39-71)75-65(56,66(67,68)69)51-16-9-8-10-17-51)36-63(5,6)37-49(61)23-21-43-22-25-58-47(31-43)15-13-27-73(58)52-24-26-59(74-7)57(32-52)64-33-44-28-45(34-64)30-46(29-44)35-64/h8-12,14,16-26,31-32,41-42,44-46H,13,15,27-30,33-37H2,1-7H3/b20-11+,23-21+,48-14+. The zero-order valence-electron chi connectivity index (χ0n) is 44.8. The maximum absolute atomic E-state index is 15.8. The topological polar surface area (TPSA) is 93.1 Å². The first-order valence-electron chi connectivity index (χ1n) is 27.1. The number of aryl methyl sites for hydroxylation is 1. The summed E-state index contributed by atoms with van der Waals surface area (Å²) in [5.74, 6) is 3.30. The molecule has 0 amide bonds. The number of hydrogen-bond acceptors (Lipinski definition) is 7. The molecule has 4 fully saturated rings. The van der Waals surface area contributed by atoms with Crippen LogP contribution in [0.25, 0.3) is 6.08 Å². The molecule has 0 saturated heterocycles. The Balaban J connectivity index is 1.06. The number of ether oxygens (including phenoxy) is 2. The highest BCUT2D eigenvalue weighted by Crippen LogP contribution is 2.63. The summed E-state index contributed by atoms with van der Waals surface area (Å²) in [4.78, 5) is 4.72. The van der Waals surface area contributed by atoms with Crippen LogP contribution >= 0.6 is 11.8 Å². The molecule has 4 aromatic carbocycles. The van der Waals surface area contributed by atoms with E-state index >= 15 is 13.2 Å². The molecule has 0 radical (unpaired) electrons. The molecule has 0 spiro atoms. The molecule has 76 heavy (non-hydrogen) atoms. The molecule has 6 nitrogen and oxygen atoms in total. The van der Waals surface area contributed by atoms with Crippen molar-refractivity contribution in [2.45, 2.75) is 140 Å². The van der Waals surface area contributed by atoms with Gasteiger partial charge in [0.25, 0.3) is 5.60 Å². The van der Waals surface area contributed by atoms with Gasteiger partial charge in [-0.25, -0.2) is 0 Å². The largest absolute Gasteiger partial charge is 0.496 e. The van der Waals surface area contributed by atoms with Crippen LogP contribution in [0.15, 0.2) is 153 Å². The molecule has 10 heteroatoms. The fourth-order valence-electron chi connectivity index (χ4n) is 14.2. The third-order valence-electron chi connectivity index (χ3n) is 17.1. The molecule has 4 bridgehead atoms. The molecule has 2 aliphatic heterocycles. The Morgan fingerprint density at radius 2 is 1.49 bits per heavy atom. The van der Waals surface area contributed by atoms with E-state index < -0.39 is 34.3 Å². The van der Waals surface area contributed by atoms with Crippen molar-refractivity contribution >= 4 is 29.2 Å². The van der Waals surface area contributed by atoms with Crippen LogP contribution in [0.2, 0.25) is 0 Å². The minimum absolute atomic E-state index is 0.204. The van der Waals surface area contributed by atoms with Gasteiger partial charge in [0.2, 0.25) is 0 Å². The summed E-state index contributed by atoms with van der Waals surface area (Å²) in [5, 5.41) is 30.2. The summed E-state index contributed by atoms with van der Waals surface area (Å²) in [7, 11) is 1.82. The lowest BCUT2D eigenvalue weighted by molar-refractivity contribution is -0.249. The minimum Gasteiger partial charge on any atom is -0.496 e. The van der Waals surface area contributed by atoms with Crippen LogP contribution in [-0.2, 0) is 22.2 Å². The maximum atomic E-state index is 15.8. The quantitative estimate of drug-likeness (QED) is 0.131. The number of allylic oxidation sites excluding steroid dienone is 7. The highest BCUT2D eigenvalue weighted by atomic mass is 32.2. The summed E-state index contributed by atoms with van der Waals surface area (Å²) < 4.78 is 59.2. The lowest BCUT2D eigenvalue weighted by atomic mass is 9.48. The summed E-state index contributed by atoms with van der Waals surface area (Å²) in [6, 6.07) is 32.5. The average molecular weight is 1040 g/mol. The van der Waals surface area contributed by atoms with Gasteiger partial charge in [-0.15, -0.1) is 0 Å². The Morgan fingerprint density at radius 3 is 2.09 bits per heavy atom. The van der Waals surface area contributed by atoms with Crippen LogP contribution in [0.3, 0.4) is 0 Å². The number of alkyl halides is 3. The van der Waals surface area contributed by atoms with Gasteiger partial charge in [-0.05, 0) is 168 Å². The van der Waals surface area contributed by atoms with Crippen LogP contribution in [-0.4, -0.2) is 19.8 Å². The van der Waals surface area contributed by atoms with Crippen molar-refractivity contribution in [2.75, 3.05) is 18.6 Å². The molecule has 0 N–H and O–H groups in total. The fourth-order valence-corrected chi connectivity index (χ4v) is 15.8. The van der Waals surface area contributed by atoms with Gasteiger partial charge >= 0.3 is 6.18 Å². The van der Waals surface area contributed by atoms with E-state index in [1.54, 1.807) is 36.0 Å². The van der Waals surface area contributed by atoms with Crippen molar-refractivity contribution in [3.63, 3.8) is 0 Å². The second kappa shape index (κ2) is 20.7. The molecule has 4 aromatic rings. The number of halogens is 3. The zero-order valence-corrected chi connectivity index (χ0v) is 45.6. The van der Waals surface area contributed by atoms with Crippen LogP contribution in [0.5, 0.6) is 5.75 Å². The van der Waals surface area contributed by atoms with E-state index in [4.69, 9.17) is 9.47 Å². The van der Waals surface area contributed by atoms with Crippen molar-refractivity contribution in [1.29, 1.82) is 15.8 Å². The second-order valence-electron chi connectivity index (χ2n) is 23.6. The van der Waals surface area contributed by atoms with Crippen LogP contribution in [0.1, 0.15) is 145 Å². The summed E-state index contributed by atoms with van der Waals surface area (Å²) in [5.41, 5.74) is 5.62. The van der Waals surface area contributed by atoms with Gasteiger partial charge in [0, 0.05) is 44.4 Å². The van der Waals surface area contributed by atoms with Gasteiger partial charge in [0.1, 0.15) is 29.5 Å². The average Bonchev–Trinajstić information content (AvgIpc) is 3.74. The van der Waals surface area contributed by atoms with E-state index in [0.717, 1.165) is 70.9 Å². The lowest BCUT2D eigenvalue weighted by Gasteiger charge is -2.57. The number of anilines is 2. The number of nitrogens with zero attached hydrogens (tertiary/aromatic N) is 4. The summed E-state index contributed by atoms with van der Waals surface area (Å²) >= 11 is 1.73. The number of fused-ring (bicyclic) bond motifs is 1. The fraction of sp³-hybridized carbons (Fsp3) is 0.409. The predicted molar refractivity (Wildman–Crippen MR) is 298 cm³/mol. The van der Waals surface area contributed by atoms with Gasteiger partial charge in [0.15, 0.2) is 11.3 Å². The van der Waals surface area contributed by atoms with Crippen molar-refractivity contribution < 1.29 is 22.6 Å². The number of methoxy groups -OCH3 is 1. The highest BCUT2D eigenvalue weighted by molar-refractivity contribution is 8.03. The van der Waals surface area contributed by atoms with E-state index in [2.05, 4.69) is 113 Å². The first-order chi connectivity index (χ1) is 36.4. The van der Waals surface area contributed by atoms with Crippen molar-refractivity contribution in [3.05, 3.63) is 181 Å². The van der Waals surface area contributed by atoms with Crippen molar-refractivity contribution in [1.82, 2.24) is 0 Å². The molecular weight excluding hydrogens is 970 g/mol. The first kappa shape index (κ1) is 52.8. The van der Waals surface area contributed by atoms with E-state index in [1.165, 1.54) is 107 Å². The van der Waals surface area contributed by atoms with E-state index in [9.17, 15) is 15.8 Å². The Kier molecular flexibility index (Phi) is 14.4. The number of nitriles is 3. The first-order valence-corrected chi connectivity index (χ1v) is 27.9. The normalized spacial score (nSPS) is 25.4. The molecule has 5 aliphatic carbocycles.